The second kappa shape index (κ2) is 3.86. The number of thioether (sulfide) groups is 1. The minimum Gasteiger partial charge on any atom is -0.343 e. The normalized spacial score (nSPS) is 23.7. The van der Waals surface area contributed by atoms with Gasteiger partial charge in [0.2, 0.25) is 10.3 Å². The number of fused-ring (bicyclic) bond motifs is 1. The highest BCUT2D eigenvalue weighted by atomic mass is 32.2. The number of hydrogen-bond acceptors (Lipinski definition) is 5. The molecule has 0 spiro atoms. The van der Waals surface area contributed by atoms with Gasteiger partial charge in [0, 0.05) is 7.05 Å². The van der Waals surface area contributed by atoms with Crippen LogP contribution in [0.1, 0.15) is 0 Å². The Hall–Kier alpha value is -1.01. The van der Waals surface area contributed by atoms with Gasteiger partial charge in [-0.1, -0.05) is 0 Å². The molecule has 15 heavy (non-hydrogen) atoms. The van der Waals surface area contributed by atoms with Crippen molar-refractivity contribution in [2.75, 3.05) is 13.3 Å². The van der Waals surface area contributed by atoms with Gasteiger partial charge < -0.3 is 4.90 Å². The summed E-state index contributed by atoms with van der Waals surface area (Å²) in [4.78, 5) is 6.71. The average Bonchev–Trinajstić information content (AvgIpc) is 2.55. The van der Waals surface area contributed by atoms with Crippen LogP contribution < -0.4 is 0 Å². The first-order valence-corrected chi connectivity index (χ1v) is 6.69. The third kappa shape index (κ3) is 1.74. The molecule has 1 aliphatic heterocycles. The highest BCUT2D eigenvalue weighted by Crippen LogP contribution is 2.27. The van der Waals surface area contributed by atoms with Gasteiger partial charge in [0.1, 0.15) is 0 Å². The molecule has 4 nitrogen and oxygen atoms in total. The van der Waals surface area contributed by atoms with Gasteiger partial charge in [-0.15, -0.1) is 11.8 Å². The molecule has 0 radical (unpaired) electrons. The minimum absolute atomic E-state index is 0.0512. The van der Waals surface area contributed by atoms with E-state index in [4.69, 9.17) is 0 Å². The Labute approximate surface area is 93.9 Å². The molecule has 0 bridgehead atoms. The molecule has 0 aromatic heterocycles. The molecule has 2 aliphatic rings. The summed E-state index contributed by atoms with van der Waals surface area (Å²) in [5, 5.41) is 0. The zero-order chi connectivity index (χ0) is 11.0. The second-order valence-electron chi connectivity index (χ2n) is 3.19. The van der Waals surface area contributed by atoms with Crippen molar-refractivity contribution in [2.45, 2.75) is 5.50 Å². The van der Waals surface area contributed by atoms with Crippen LogP contribution in [0, 0.1) is 0 Å². The second-order valence-corrected chi connectivity index (χ2v) is 5.02. The predicted octanol–water partition coefficient (Wildman–Crippen LogP) is 0.525. The van der Waals surface area contributed by atoms with Gasteiger partial charge in [0.15, 0.2) is 5.50 Å². The molecule has 1 heterocycles. The van der Waals surface area contributed by atoms with Crippen LogP contribution >= 0.6 is 11.8 Å². The van der Waals surface area contributed by atoms with Crippen LogP contribution in [0.4, 0.5) is 0 Å². The summed E-state index contributed by atoms with van der Waals surface area (Å²) in [6.45, 7) is 0. The van der Waals surface area contributed by atoms with E-state index in [1.165, 1.54) is 0 Å². The molecule has 1 atom stereocenters. The maximum Gasteiger partial charge on any atom is 0.221 e. The van der Waals surface area contributed by atoms with Gasteiger partial charge >= 0.3 is 0 Å². The summed E-state index contributed by atoms with van der Waals surface area (Å²) < 4.78 is 21.6. The van der Waals surface area contributed by atoms with Crippen molar-refractivity contribution >= 4 is 32.6 Å². The molecule has 0 fully saturated rings. The van der Waals surface area contributed by atoms with Crippen molar-refractivity contribution < 1.29 is 8.42 Å². The van der Waals surface area contributed by atoms with Crippen LogP contribution in [0.25, 0.3) is 0 Å². The lowest BCUT2D eigenvalue weighted by molar-refractivity contribution is 0.445. The lowest BCUT2D eigenvalue weighted by atomic mass is 10.1. The van der Waals surface area contributed by atoms with Crippen molar-refractivity contribution in [1.82, 2.24) is 4.90 Å². The van der Waals surface area contributed by atoms with E-state index in [-0.39, 0.29) is 5.50 Å². The molecule has 0 saturated heterocycles. The highest BCUT2D eigenvalue weighted by molar-refractivity contribution is 7.99. The largest absolute Gasteiger partial charge is 0.343 e. The number of nitrogens with zero attached hydrogens (tertiary/aromatic N) is 2. The fourth-order valence-corrected chi connectivity index (χ4v) is 2.57. The van der Waals surface area contributed by atoms with Crippen LogP contribution in [0.3, 0.4) is 0 Å². The Morgan fingerprint density at radius 1 is 1.47 bits per heavy atom. The zero-order valence-corrected chi connectivity index (χ0v) is 9.97. The Morgan fingerprint density at radius 3 is 2.80 bits per heavy atom. The Morgan fingerprint density at radius 2 is 2.20 bits per heavy atom. The molecule has 0 amide bonds. The van der Waals surface area contributed by atoms with Crippen LogP contribution in [-0.2, 0) is 10.3 Å². The summed E-state index contributed by atoms with van der Waals surface area (Å²) in [7, 11) is -0.264. The van der Waals surface area contributed by atoms with Crippen LogP contribution in [-0.4, -0.2) is 42.7 Å². The number of hydrogen-bond donors (Lipinski definition) is 0. The molecule has 80 valence electrons. The molecule has 0 aromatic rings. The highest BCUT2D eigenvalue weighted by Gasteiger charge is 2.27. The first-order valence-electron chi connectivity index (χ1n) is 4.33. The average molecular weight is 242 g/mol. The zero-order valence-electron chi connectivity index (χ0n) is 8.34. The van der Waals surface area contributed by atoms with Crippen molar-refractivity contribution in [3.8, 4) is 0 Å². The van der Waals surface area contributed by atoms with Gasteiger partial charge in [0.05, 0.1) is 16.3 Å². The summed E-state index contributed by atoms with van der Waals surface area (Å²) in [6.07, 6.45) is 6.94. The molecular formula is C9H10N2O2S2. The third-order valence-electron chi connectivity index (χ3n) is 2.31. The first kappa shape index (κ1) is 10.5. The summed E-state index contributed by atoms with van der Waals surface area (Å²) in [5.41, 5.74) is 1.78. The van der Waals surface area contributed by atoms with E-state index in [0.29, 0.717) is 4.86 Å². The molecule has 2 rings (SSSR count). The maximum atomic E-state index is 10.8. The molecule has 0 N–H and O–H groups in total. The summed E-state index contributed by atoms with van der Waals surface area (Å²) >= 11 is 1.62. The molecule has 6 heteroatoms. The fraction of sp³-hybridized carbons (Fsp3) is 0.333. The van der Waals surface area contributed by atoms with Gasteiger partial charge in [-0.25, -0.2) is 4.99 Å². The van der Waals surface area contributed by atoms with E-state index in [9.17, 15) is 8.42 Å². The minimum atomic E-state index is -2.17. The molecule has 1 unspecified atom stereocenters. The molecular weight excluding hydrogens is 232 g/mol. The number of allylic oxidation sites excluding steroid dienone is 3. The van der Waals surface area contributed by atoms with Crippen molar-refractivity contribution in [3.05, 3.63) is 23.9 Å². The van der Waals surface area contributed by atoms with Crippen LogP contribution in [0.2, 0.25) is 0 Å². The van der Waals surface area contributed by atoms with E-state index in [1.54, 1.807) is 30.0 Å². The van der Waals surface area contributed by atoms with Gasteiger partial charge in [0.25, 0.3) is 0 Å². The molecule has 0 aromatic carbocycles. The Balaban J connectivity index is 2.47. The molecule has 1 aliphatic carbocycles. The monoisotopic (exact) mass is 242 g/mol. The van der Waals surface area contributed by atoms with Crippen LogP contribution in [0.5, 0.6) is 0 Å². The van der Waals surface area contributed by atoms with E-state index >= 15 is 0 Å². The Kier molecular flexibility index (Phi) is 2.70. The van der Waals surface area contributed by atoms with E-state index in [2.05, 4.69) is 4.99 Å². The number of aliphatic imine (C=N–C) groups is 1. The van der Waals surface area contributed by atoms with E-state index in [0.717, 1.165) is 11.4 Å². The van der Waals surface area contributed by atoms with Crippen molar-refractivity contribution in [1.29, 1.82) is 0 Å². The lowest BCUT2D eigenvalue weighted by Crippen LogP contribution is -2.23. The smallest absolute Gasteiger partial charge is 0.221 e. The SMILES string of the molecule is CSC1N=C2C=CC(=S(=O)=O)C=C2N1C. The summed E-state index contributed by atoms with van der Waals surface area (Å²) in [5.74, 6) is 0. The third-order valence-corrected chi connectivity index (χ3v) is 3.79. The molecule has 0 saturated carbocycles. The van der Waals surface area contributed by atoms with Crippen LogP contribution in [0.15, 0.2) is 28.9 Å². The van der Waals surface area contributed by atoms with E-state index in [1.807, 2.05) is 18.2 Å². The van der Waals surface area contributed by atoms with Gasteiger partial charge in [-0.05, 0) is 24.5 Å². The van der Waals surface area contributed by atoms with Gasteiger partial charge in [-0.3, -0.25) is 0 Å². The first-order chi connectivity index (χ1) is 7.13. The lowest BCUT2D eigenvalue weighted by Gasteiger charge is -2.20. The fourth-order valence-electron chi connectivity index (χ4n) is 1.53. The quantitative estimate of drug-likeness (QED) is 0.629. The van der Waals surface area contributed by atoms with Gasteiger partial charge in [-0.2, -0.15) is 8.42 Å². The number of rotatable bonds is 1. The van der Waals surface area contributed by atoms with Crippen molar-refractivity contribution in [2.24, 2.45) is 4.99 Å². The van der Waals surface area contributed by atoms with E-state index < -0.39 is 10.3 Å². The van der Waals surface area contributed by atoms with Crippen molar-refractivity contribution in [3.63, 3.8) is 0 Å². The maximum absolute atomic E-state index is 10.8. The topological polar surface area (TPSA) is 49.7 Å². The summed E-state index contributed by atoms with van der Waals surface area (Å²) in [6, 6.07) is 0. The Bertz CT molecular complexity index is 506. The standard InChI is InChI=1S/C9H10N2O2S2/c1-11-8-5-6(15(12)13)3-4-7(8)10-9(11)14-2/h3-5,9H,1-2H3. The predicted molar refractivity (Wildman–Crippen MR) is 63.7 cm³/mol.